The van der Waals surface area contributed by atoms with Crippen LogP contribution in [0.5, 0.6) is 0 Å². The predicted octanol–water partition coefficient (Wildman–Crippen LogP) is 2.86. The minimum Gasteiger partial charge on any atom is -0.480 e. The van der Waals surface area contributed by atoms with Crippen LogP contribution in [0.2, 0.25) is 0 Å². The van der Waals surface area contributed by atoms with E-state index in [-0.39, 0.29) is 0 Å². The Hall–Kier alpha value is -1.35. The number of carboxylic acid groups (broad SMARTS) is 1. The molecule has 1 N–H and O–H groups in total. The number of carboxylic acids is 1. The van der Waals surface area contributed by atoms with Crippen molar-refractivity contribution in [2.75, 3.05) is 7.05 Å². The molecule has 0 saturated heterocycles. The van der Waals surface area contributed by atoms with E-state index in [4.69, 9.17) is 5.11 Å². The highest BCUT2D eigenvalue weighted by Gasteiger charge is 2.24. The SMILES string of the molecule is CCC(C(=O)O)N(C)Cc1cccc(C2CC2)c1. The zero-order valence-corrected chi connectivity index (χ0v) is 11.1. The third kappa shape index (κ3) is 3.10. The first kappa shape index (κ1) is 13.1. The third-order valence-corrected chi connectivity index (χ3v) is 3.64. The highest BCUT2D eigenvalue weighted by molar-refractivity contribution is 5.73. The van der Waals surface area contributed by atoms with E-state index in [0.717, 1.165) is 5.92 Å². The van der Waals surface area contributed by atoms with Gasteiger partial charge < -0.3 is 5.11 Å². The second kappa shape index (κ2) is 5.53. The van der Waals surface area contributed by atoms with Crippen molar-refractivity contribution in [3.05, 3.63) is 35.4 Å². The second-order valence-electron chi connectivity index (χ2n) is 5.20. The van der Waals surface area contributed by atoms with Crippen LogP contribution >= 0.6 is 0 Å². The number of benzene rings is 1. The molecule has 1 fully saturated rings. The highest BCUT2D eigenvalue weighted by Crippen LogP contribution is 2.40. The van der Waals surface area contributed by atoms with Crippen molar-refractivity contribution in [1.82, 2.24) is 4.90 Å². The molecule has 1 aliphatic carbocycles. The molecule has 1 atom stereocenters. The van der Waals surface area contributed by atoms with Crippen molar-refractivity contribution < 1.29 is 9.90 Å². The van der Waals surface area contributed by atoms with Gasteiger partial charge in [0.15, 0.2) is 0 Å². The van der Waals surface area contributed by atoms with Gasteiger partial charge in [0.25, 0.3) is 0 Å². The number of aliphatic carboxylic acids is 1. The lowest BCUT2D eigenvalue weighted by Gasteiger charge is -2.23. The monoisotopic (exact) mass is 247 g/mol. The number of hydrogen-bond acceptors (Lipinski definition) is 2. The largest absolute Gasteiger partial charge is 0.480 e. The smallest absolute Gasteiger partial charge is 0.320 e. The van der Waals surface area contributed by atoms with Crippen LogP contribution in [0.1, 0.15) is 43.2 Å². The van der Waals surface area contributed by atoms with E-state index < -0.39 is 12.0 Å². The van der Waals surface area contributed by atoms with E-state index in [1.807, 2.05) is 18.9 Å². The summed E-state index contributed by atoms with van der Waals surface area (Å²) >= 11 is 0. The van der Waals surface area contributed by atoms with Gasteiger partial charge in [-0.15, -0.1) is 0 Å². The molecule has 1 aromatic carbocycles. The summed E-state index contributed by atoms with van der Waals surface area (Å²) in [6.07, 6.45) is 3.23. The number of carbonyl (C=O) groups is 1. The molecule has 1 aliphatic rings. The van der Waals surface area contributed by atoms with E-state index in [1.54, 1.807) is 0 Å². The van der Waals surface area contributed by atoms with Gasteiger partial charge in [-0.1, -0.05) is 31.2 Å². The van der Waals surface area contributed by atoms with Gasteiger partial charge in [0, 0.05) is 6.54 Å². The molecule has 0 aromatic heterocycles. The van der Waals surface area contributed by atoms with Crippen LogP contribution in [0.4, 0.5) is 0 Å². The molecule has 0 bridgehead atoms. The molecular weight excluding hydrogens is 226 g/mol. The Morgan fingerprint density at radius 2 is 2.22 bits per heavy atom. The van der Waals surface area contributed by atoms with Crippen molar-refractivity contribution in [2.24, 2.45) is 0 Å². The van der Waals surface area contributed by atoms with Crippen molar-refractivity contribution in [3.8, 4) is 0 Å². The summed E-state index contributed by atoms with van der Waals surface area (Å²) in [5.74, 6) is 0.00931. The molecular formula is C15H21NO2. The molecule has 3 nitrogen and oxygen atoms in total. The lowest BCUT2D eigenvalue weighted by molar-refractivity contribution is -0.143. The molecule has 0 spiro atoms. The van der Waals surface area contributed by atoms with Gasteiger partial charge in [-0.2, -0.15) is 0 Å². The Kier molecular flexibility index (Phi) is 4.02. The topological polar surface area (TPSA) is 40.5 Å². The Morgan fingerprint density at radius 1 is 1.50 bits per heavy atom. The predicted molar refractivity (Wildman–Crippen MR) is 71.6 cm³/mol. The van der Waals surface area contributed by atoms with Gasteiger partial charge in [-0.3, -0.25) is 9.69 Å². The van der Waals surface area contributed by atoms with Crippen molar-refractivity contribution in [3.63, 3.8) is 0 Å². The van der Waals surface area contributed by atoms with Crippen LogP contribution in [-0.2, 0) is 11.3 Å². The maximum atomic E-state index is 11.1. The first-order chi connectivity index (χ1) is 8.61. The Morgan fingerprint density at radius 3 is 2.78 bits per heavy atom. The fraction of sp³-hybridized carbons (Fsp3) is 0.533. The fourth-order valence-corrected chi connectivity index (χ4v) is 2.44. The van der Waals surface area contributed by atoms with Crippen LogP contribution in [0.15, 0.2) is 24.3 Å². The van der Waals surface area contributed by atoms with E-state index in [9.17, 15) is 4.79 Å². The maximum Gasteiger partial charge on any atom is 0.320 e. The molecule has 18 heavy (non-hydrogen) atoms. The first-order valence-electron chi connectivity index (χ1n) is 6.63. The number of hydrogen-bond donors (Lipinski definition) is 1. The number of rotatable bonds is 6. The van der Waals surface area contributed by atoms with Crippen LogP contribution in [0, 0.1) is 0 Å². The van der Waals surface area contributed by atoms with Gasteiger partial charge in [0.1, 0.15) is 6.04 Å². The third-order valence-electron chi connectivity index (χ3n) is 3.64. The van der Waals surface area contributed by atoms with Gasteiger partial charge >= 0.3 is 5.97 Å². The number of likely N-dealkylation sites (N-methyl/N-ethyl adjacent to an activating group) is 1. The summed E-state index contributed by atoms with van der Waals surface area (Å²) in [5, 5.41) is 9.13. The van der Waals surface area contributed by atoms with E-state index in [0.29, 0.717) is 13.0 Å². The van der Waals surface area contributed by atoms with Crippen LogP contribution in [0.25, 0.3) is 0 Å². The van der Waals surface area contributed by atoms with Crippen molar-refractivity contribution >= 4 is 5.97 Å². The Bertz CT molecular complexity index is 426. The Labute approximate surface area is 108 Å². The minimum atomic E-state index is -0.738. The van der Waals surface area contributed by atoms with Crippen LogP contribution in [0.3, 0.4) is 0 Å². The molecule has 1 saturated carbocycles. The standard InChI is InChI=1S/C15H21NO2/c1-3-14(15(17)18)16(2)10-11-5-4-6-13(9-11)12-7-8-12/h4-6,9,12,14H,3,7-8,10H2,1-2H3,(H,17,18). The highest BCUT2D eigenvalue weighted by atomic mass is 16.4. The van der Waals surface area contributed by atoms with Gasteiger partial charge in [0.2, 0.25) is 0 Å². The second-order valence-corrected chi connectivity index (χ2v) is 5.20. The van der Waals surface area contributed by atoms with Crippen molar-refractivity contribution in [2.45, 2.75) is 44.7 Å². The summed E-state index contributed by atoms with van der Waals surface area (Å²) in [6, 6.07) is 8.17. The molecule has 2 rings (SSSR count). The minimum absolute atomic E-state index is 0.394. The zero-order valence-electron chi connectivity index (χ0n) is 11.1. The van der Waals surface area contributed by atoms with Crippen molar-refractivity contribution in [1.29, 1.82) is 0 Å². The maximum absolute atomic E-state index is 11.1. The molecule has 0 radical (unpaired) electrons. The summed E-state index contributed by atoms with van der Waals surface area (Å²) in [6.45, 7) is 2.61. The van der Waals surface area contributed by atoms with Crippen LogP contribution < -0.4 is 0 Å². The normalized spacial score (nSPS) is 16.8. The molecule has 3 heteroatoms. The lowest BCUT2D eigenvalue weighted by atomic mass is 10.1. The average molecular weight is 247 g/mol. The first-order valence-corrected chi connectivity index (χ1v) is 6.63. The summed E-state index contributed by atoms with van der Waals surface area (Å²) in [5.41, 5.74) is 2.62. The summed E-state index contributed by atoms with van der Waals surface area (Å²) < 4.78 is 0. The summed E-state index contributed by atoms with van der Waals surface area (Å²) in [7, 11) is 1.88. The number of nitrogens with zero attached hydrogens (tertiary/aromatic N) is 1. The average Bonchev–Trinajstić information content (AvgIpc) is 3.13. The van der Waals surface area contributed by atoms with Gasteiger partial charge in [-0.25, -0.2) is 0 Å². The van der Waals surface area contributed by atoms with Gasteiger partial charge in [0.05, 0.1) is 0 Å². The summed E-state index contributed by atoms with van der Waals surface area (Å²) in [4.78, 5) is 13.0. The molecule has 0 heterocycles. The van der Waals surface area contributed by atoms with E-state index in [2.05, 4.69) is 24.3 Å². The molecule has 1 aromatic rings. The van der Waals surface area contributed by atoms with E-state index in [1.165, 1.54) is 24.0 Å². The quantitative estimate of drug-likeness (QED) is 0.840. The molecule has 98 valence electrons. The fourth-order valence-electron chi connectivity index (χ4n) is 2.44. The van der Waals surface area contributed by atoms with E-state index >= 15 is 0 Å². The van der Waals surface area contributed by atoms with Gasteiger partial charge in [-0.05, 0) is 43.4 Å². The lowest BCUT2D eigenvalue weighted by Crippen LogP contribution is -2.37. The Balaban J connectivity index is 2.03. The molecule has 0 amide bonds. The van der Waals surface area contributed by atoms with Crippen LogP contribution in [-0.4, -0.2) is 29.1 Å². The zero-order chi connectivity index (χ0) is 13.1. The molecule has 1 unspecified atom stereocenters. The molecule has 0 aliphatic heterocycles.